The summed E-state index contributed by atoms with van der Waals surface area (Å²) in [6.07, 6.45) is 1.84. The van der Waals surface area contributed by atoms with E-state index in [0.717, 1.165) is 22.5 Å². The Morgan fingerprint density at radius 2 is 1.89 bits per heavy atom. The van der Waals surface area contributed by atoms with Gasteiger partial charge < -0.3 is 4.57 Å². The normalized spacial score (nSPS) is 11.4. The van der Waals surface area contributed by atoms with Gasteiger partial charge in [0.05, 0.1) is 11.6 Å². The number of aryl methyl sites for hydroxylation is 1. The highest BCUT2D eigenvalue weighted by atomic mass is 19.1. The second-order valence-corrected chi connectivity index (χ2v) is 4.56. The third kappa shape index (κ3) is 2.58. The molecule has 0 bridgehead atoms. The van der Waals surface area contributed by atoms with Gasteiger partial charge in [0, 0.05) is 18.4 Å². The van der Waals surface area contributed by atoms with Crippen LogP contribution in [0.2, 0.25) is 0 Å². The third-order valence-corrected chi connectivity index (χ3v) is 3.39. The number of nitriles is 1. The zero-order chi connectivity index (χ0) is 14.0. The summed E-state index contributed by atoms with van der Waals surface area (Å²) in [6, 6.07) is 10.2. The van der Waals surface area contributed by atoms with E-state index in [1.807, 2.05) is 33.0 Å². The van der Waals surface area contributed by atoms with Crippen molar-refractivity contribution in [3.63, 3.8) is 0 Å². The monoisotopic (exact) mass is 254 g/mol. The van der Waals surface area contributed by atoms with Gasteiger partial charge in [0.1, 0.15) is 5.82 Å². The Morgan fingerprint density at radius 3 is 2.37 bits per heavy atom. The molecule has 96 valence electrons. The summed E-state index contributed by atoms with van der Waals surface area (Å²) in [6.45, 7) is 4.03. The summed E-state index contributed by atoms with van der Waals surface area (Å²) in [5, 5.41) is 9.26. The van der Waals surface area contributed by atoms with Crippen LogP contribution in [0.1, 0.15) is 22.5 Å². The van der Waals surface area contributed by atoms with Crippen LogP contribution in [0.25, 0.3) is 11.6 Å². The highest BCUT2D eigenvalue weighted by Gasteiger charge is 2.07. The van der Waals surface area contributed by atoms with Crippen molar-refractivity contribution >= 4 is 11.6 Å². The number of halogens is 1. The predicted molar refractivity (Wildman–Crippen MR) is 74.8 cm³/mol. The van der Waals surface area contributed by atoms with E-state index in [0.29, 0.717) is 5.57 Å². The maximum atomic E-state index is 12.9. The zero-order valence-corrected chi connectivity index (χ0v) is 11.2. The smallest absolute Gasteiger partial charge is 0.123 e. The molecule has 1 heterocycles. The molecule has 2 nitrogen and oxygen atoms in total. The predicted octanol–water partition coefficient (Wildman–Crippen LogP) is 3.85. The summed E-state index contributed by atoms with van der Waals surface area (Å²) in [7, 11) is 1.99. The number of hydrogen-bond acceptors (Lipinski definition) is 1. The molecule has 0 radical (unpaired) electrons. The quantitative estimate of drug-likeness (QED) is 0.748. The Kier molecular flexibility index (Phi) is 3.52. The Morgan fingerprint density at radius 1 is 1.26 bits per heavy atom. The van der Waals surface area contributed by atoms with Crippen molar-refractivity contribution in [3.8, 4) is 6.07 Å². The molecular formula is C16H15FN2. The molecule has 0 spiro atoms. The van der Waals surface area contributed by atoms with Gasteiger partial charge in [-0.15, -0.1) is 0 Å². The summed E-state index contributed by atoms with van der Waals surface area (Å²) in [5.74, 6) is -0.298. The summed E-state index contributed by atoms with van der Waals surface area (Å²) >= 11 is 0. The molecule has 0 unspecified atom stereocenters. The van der Waals surface area contributed by atoms with E-state index in [1.54, 1.807) is 12.1 Å². The Hall–Kier alpha value is -2.34. The van der Waals surface area contributed by atoms with E-state index < -0.39 is 0 Å². The topological polar surface area (TPSA) is 28.7 Å². The molecule has 19 heavy (non-hydrogen) atoms. The van der Waals surface area contributed by atoms with Crippen molar-refractivity contribution in [1.29, 1.82) is 5.26 Å². The summed E-state index contributed by atoms with van der Waals surface area (Å²) in [4.78, 5) is 0. The van der Waals surface area contributed by atoms with Gasteiger partial charge in [-0.2, -0.15) is 5.26 Å². The molecule has 2 aromatic rings. The van der Waals surface area contributed by atoms with Crippen molar-refractivity contribution in [1.82, 2.24) is 4.57 Å². The first-order chi connectivity index (χ1) is 9.02. The second kappa shape index (κ2) is 5.11. The number of nitrogens with zero attached hydrogens (tertiary/aromatic N) is 2. The molecule has 0 aliphatic heterocycles. The molecule has 0 saturated carbocycles. The van der Waals surface area contributed by atoms with Gasteiger partial charge in [0.2, 0.25) is 0 Å². The second-order valence-electron chi connectivity index (χ2n) is 4.56. The van der Waals surface area contributed by atoms with E-state index in [2.05, 4.69) is 10.6 Å². The molecule has 0 atom stereocenters. The van der Waals surface area contributed by atoms with Crippen molar-refractivity contribution in [2.45, 2.75) is 13.8 Å². The number of hydrogen-bond donors (Lipinski definition) is 0. The lowest BCUT2D eigenvalue weighted by atomic mass is 10.0. The van der Waals surface area contributed by atoms with Crippen LogP contribution in [0, 0.1) is 31.0 Å². The first kappa shape index (κ1) is 13.1. The Labute approximate surface area is 112 Å². The number of rotatable bonds is 2. The van der Waals surface area contributed by atoms with Crippen LogP contribution in [0.5, 0.6) is 0 Å². The molecule has 0 aliphatic rings. The minimum atomic E-state index is -0.298. The minimum Gasteiger partial charge on any atom is -0.352 e. The molecule has 1 aromatic heterocycles. The van der Waals surface area contributed by atoms with Crippen molar-refractivity contribution in [2.24, 2.45) is 7.05 Å². The highest BCUT2D eigenvalue weighted by Crippen LogP contribution is 2.21. The number of allylic oxidation sites excluding steroid dienone is 1. The molecule has 0 fully saturated rings. The van der Waals surface area contributed by atoms with Gasteiger partial charge in [0.25, 0.3) is 0 Å². The SMILES string of the molecule is Cc1cc(/C=C(\C#N)c2ccc(F)cc2)c(C)n1C. The van der Waals surface area contributed by atoms with Gasteiger partial charge in [-0.3, -0.25) is 0 Å². The summed E-state index contributed by atoms with van der Waals surface area (Å²) < 4.78 is 15.0. The van der Waals surface area contributed by atoms with Crippen molar-refractivity contribution < 1.29 is 4.39 Å². The molecule has 3 heteroatoms. The fourth-order valence-electron chi connectivity index (χ4n) is 2.00. The van der Waals surface area contributed by atoms with E-state index in [9.17, 15) is 9.65 Å². The van der Waals surface area contributed by atoms with Gasteiger partial charge in [-0.05, 0) is 49.2 Å². The van der Waals surface area contributed by atoms with Gasteiger partial charge >= 0.3 is 0 Å². The average molecular weight is 254 g/mol. The lowest BCUT2D eigenvalue weighted by Gasteiger charge is -2.01. The van der Waals surface area contributed by atoms with Crippen LogP contribution < -0.4 is 0 Å². The minimum absolute atomic E-state index is 0.298. The largest absolute Gasteiger partial charge is 0.352 e. The molecular weight excluding hydrogens is 239 g/mol. The first-order valence-electron chi connectivity index (χ1n) is 6.03. The van der Waals surface area contributed by atoms with Crippen LogP contribution in [0.3, 0.4) is 0 Å². The lowest BCUT2D eigenvalue weighted by Crippen LogP contribution is -1.93. The van der Waals surface area contributed by atoms with E-state index in [4.69, 9.17) is 0 Å². The average Bonchev–Trinajstić information content (AvgIpc) is 2.65. The number of aromatic nitrogens is 1. The molecule has 0 amide bonds. The van der Waals surface area contributed by atoms with Crippen LogP contribution in [0.15, 0.2) is 30.3 Å². The maximum Gasteiger partial charge on any atom is 0.123 e. The molecule has 1 aromatic carbocycles. The first-order valence-corrected chi connectivity index (χ1v) is 6.03. The van der Waals surface area contributed by atoms with Crippen LogP contribution in [0.4, 0.5) is 4.39 Å². The van der Waals surface area contributed by atoms with Gasteiger partial charge in [-0.25, -0.2) is 4.39 Å². The summed E-state index contributed by atoms with van der Waals surface area (Å²) in [5.41, 5.74) is 4.52. The van der Waals surface area contributed by atoms with Crippen molar-refractivity contribution in [3.05, 3.63) is 58.7 Å². The van der Waals surface area contributed by atoms with E-state index >= 15 is 0 Å². The highest BCUT2D eigenvalue weighted by molar-refractivity contribution is 5.90. The zero-order valence-electron chi connectivity index (χ0n) is 11.2. The van der Waals surface area contributed by atoms with Crippen LogP contribution in [-0.2, 0) is 7.05 Å². The van der Waals surface area contributed by atoms with E-state index in [1.165, 1.54) is 12.1 Å². The van der Waals surface area contributed by atoms with Crippen LogP contribution >= 0.6 is 0 Å². The fraction of sp³-hybridized carbons (Fsp3) is 0.188. The molecule has 0 aliphatic carbocycles. The molecule has 0 N–H and O–H groups in total. The fourth-order valence-corrected chi connectivity index (χ4v) is 2.00. The Balaban J connectivity index is 2.47. The van der Waals surface area contributed by atoms with Gasteiger partial charge in [0.15, 0.2) is 0 Å². The Bertz CT molecular complexity index is 670. The molecule has 0 saturated heterocycles. The van der Waals surface area contributed by atoms with E-state index in [-0.39, 0.29) is 5.82 Å². The standard InChI is InChI=1S/C16H15FN2/c1-11-8-14(12(2)19(11)3)9-15(10-18)13-4-6-16(17)7-5-13/h4-9H,1-3H3/b15-9+. The van der Waals surface area contributed by atoms with Crippen LogP contribution in [-0.4, -0.2) is 4.57 Å². The third-order valence-electron chi connectivity index (χ3n) is 3.39. The molecule has 2 rings (SSSR count). The van der Waals surface area contributed by atoms with Gasteiger partial charge in [-0.1, -0.05) is 12.1 Å². The van der Waals surface area contributed by atoms with Crippen molar-refractivity contribution in [2.75, 3.05) is 0 Å². The number of benzene rings is 1. The maximum absolute atomic E-state index is 12.9. The lowest BCUT2D eigenvalue weighted by molar-refractivity contribution is 0.627.